The van der Waals surface area contributed by atoms with E-state index in [4.69, 9.17) is 5.84 Å². The predicted molar refractivity (Wildman–Crippen MR) is 79.2 cm³/mol. The zero-order valence-electron chi connectivity index (χ0n) is 10.9. The standard InChI is InChI=1S/C14H17N3OS/c1-9-7-11(3-4-13(9)17-15)14(18)16-10(2)12-5-6-19-8-12/h3-8,10,17H,15H2,1-2H3,(H,16,18). The van der Waals surface area contributed by atoms with Gasteiger partial charge in [-0.05, 0) is 60.0 Å². The second-order valence-corrected chi connectivity index (χ2v) is 5.21. The minimum atomic E-state index is -0.0784. The average molecular weight is 275 g/mol. The molecule has 100 valence electrons. The van der Waals surface area contributed by atoms with E-state index in [1.165, 1.54) is 0 Å². The number of hydrogen-bond acceptors (Lipinski definition) is 4. The Hall–Kier alpha value is -1.85. The number of hydrazine groups is 1. The van der Waals surface area contributed by atoms with Crippen molar-refractivity contribution >= 4 is 22.9 Å². The Labute approximate surface area is 116 Å². The first kappa shape index (κ1) is 13.6. The highest BCUT2D eigenvalue weighted by Crippen LogP contribution is 2.18. The van der Waals surface area contributed by atoms with Gasteiger partial charge in [-0.25, -0.2) is 0 Å². The molecular formula is C14H17N3OS. The third-order valence-corrected chi connectivity index (χ3v) is 3.74. The third kappa shape index (κ3) is 3.13. The molecule has 0 saturated heterocycles. The van der Waals surface area contributed by atoms with E-state index in [1.807, 2.05) is 36.7 Å². The molecular weight excluding hydrogens is 258 g/mol. The van der Waals surface area contributed by atoms with Gasteiger partial charge in [-0.15, -0.1) is 0 Å². The normalized spacial score (nSPS) is 11.9. The second-order valence-electron chi connectivity index (χ2n) is 4.43. The van der Waals surface area contributed by atoms with Gasteiger partial charge in [0.25, 0.3) is 5.91 Å². The number of amides is 1. The van der Waals surface area contributed by atoms with Crippen molar-refractivity contribution in [1.82, 2.24) is 5.32 Å². The van der Waals surface area contributed by atoms with Gasteiger partial charge in [0.2, 0.25) is 0 Å². The van der Waals surface area contributed by atoms with Crippen LogP contribution in [0.3, 0.4) is 0 Å². The Bertz CT molecular complexity index is 566. The van der Waals surface area contributed by atoms with Gasteiger partial charge >= 0.3 is 0 Å². The Morgan fingerprint density at radius 3 is 2.74 bits per heavy atom. The molecule has 1 aromatic carbocycles. The van der Waals surface area contributed by atoms with Gasteiger partial charge in [0.15, 0.2) is 0 Å². The predicted octanol–water partition coefficient (Wildman–Crippen LogP) is 2.83. The summed E-state index contributed by atoms with van der Waals surface area (Å²) in [7, 11) is 0. The molecule has 0 bridgehead atoms. The highest BCUT2D eigenvalue weighted by molar-refractivity contribution is 7.07. The summed E-state index contributed by atoms with van der Waals surface area (Å²) < 4.78 is 0. The zero-order chi connectivity index (χ0) is 13.8. The van der Waals surface area contributed by atoms with Gasteiger partial charge < -0.3 is 10.7 Å². The zero-order valence-corrected chi connectivity index (χ0v) is 11.8. The quantitative estimate of drug-likeness (QED) is 0.593. The van der Waals surface area contributed by atoms with Crippen LogP contribution in [0, 0.1) is 6.92 Å². The van der Waals surface area contributed by atoms with Crippen molar-refractivity contribution in [3.05, 3.63) is 51.7 Å². The topological polar surface area (TPSA) is 67.2 Å². The van der Waals surface area contributed by atoms with Crippen LogP contribution in [0.4, 0.5) is 5.69 Å². The van der Waals surface area contributed by atoms with E-state index >= 15 is 0 Å². The lowest BCUT2D eigenvalue weighted by atomic mass is 10.1. The van der Waals surface area contributed by atoms with E-state index in [0.29, 0.717) is 5.56 Å². The van der Waals surface area contributed by atoms with Crippen LogP contribution in [-0.4, -0.2) is 5.91 Å². The van der Waals surface area contributed by atoms with E-state index in [0.717, 1.165) is 16.8 Å². The Balaban J connectivity index is 2.10. The number of anilines is 1. The molecule has 0 aliphatic carbocycles. The summed E-state index contributed by atoms with van der Waals surface area (Å²) in [6, 6.07) is 7.41. The second kappa shape index (κ2) is 5.86. The van der Waals surface area contributed by atoms with Crippen LogP contribution in [-0.2, 0) is 0 Å². The fourth-order valence-corrected chi connectivity index (χ4v) is 2.61. The lowest BCUT2D eigenvalue weighted by Crippen LogP contribution is -2.26. The maximum absolute atomic E-state index is 12.1. The molecule has 1 aromatic heterocycles. The van der Waals surface area contributed by atoms with E-state index in [2.05, 4.69) is 10.7 Å². The molecule has 4 N–H and O–H groups in total. The van der Waals surface area contributed by atoms with Gasteiger partial charge in [0, 0.05) is 5.56 Å². The maximum Gasteiger partial charge on any atom is 0.251 e. The van der Waals surface area contributed by atoms with Crippen molar-refractivity contribution in [2.24, 2.45) is 5.84 Å². The van der Waals surface area contributed by atoms with E-state index in [1.54, 1.807) is 23.5 Å². The highest BCUT2D eigenvalue weighted by atomic mass is 32.1. The molecule has 1 amide bonds. The van der Waals surface area contributed by atoms with Crippen LogP contribution in [0.2, 0.25) is 0 Å². The first-order chi connectivity index (χ1) is 9.11. The smallest absolute Gasteiger partial charge is 0.251 e. The van der Waals surface area contributed by atoms with Gasteiger partial charge in [-0.3, -0.25) is 10.6 Å². The fourth-order valence-electron chi connectivity index (χ4n) is 1.85. The van der Waals surface area contributed by atoms with Crippen LogP contribution >= 0.6 is 11.3 Å². The first-order valence-corrected chi connectivity index (χ1v) is 6.96. The number of hydrogen-bond donors (Lipinski definition) is 3. The number of nitrogens with two attached hydrogens (primary N) is 1. The number of nitrogens with one attached hydrogen (secondary N) is 2. The summed E-state index contributed by atoms with van der Waals surface area (Å²) in [4.78, 5) is 12.1. The van der Waals surface area contributed by atoms with Crippen molar-refractivity contribution in [3.8, 4) is 0 Å². The molecule has 0 aliphatic rings. The molecule has 1 atom stereocenters. The minimum absolute atomic E-state index is 0.00589. The van der Waals surface area contributed by atoms with Gasteiger partial charge in [-0.1, -0.05) is 0 Å². The number of rotatable bonds is 4. The minimum Gasteiger partial charge on any atom is -0.345 e. The summed E-state index contributed by atoms with van der Waals surface area (Å²) in [5, 5.41) is 7.02. The van der Waals surface area contributed by atoms with Crippen molar-refractivity contribution < 1.29 is 4.79 Å². The van der Waals surface area contributed by atoms with Gasteiger partial charge in [0.05, 0.1) is 11.7 Å². The molecule has 2 aromatic rings. The highest BCUT2D eigenvalue weighted by Gasteiger charge is 2.12. The molecule has 5 heteroatoms. The molecule has 0 saturated carbocycles. The summed E-state index contributed by atoms with van der Waals surface area (Å²) in [5.41, 5.74) is 6.12. The van der Waals surface area contributed by atoms with Crippen molar-refractivity contribution in [3.63, 3.8) is 0 Å². The van der Waals surface area contributed by atoms with Crippen LogP contribution in [0.15, 0.2) is 35.0 Å². The van der Waals surface area contributed by atoms with Crippen LogP contribution in [0.5, 0.6) is 0 Å². The van der Waals surface area contributed by atoms with Crippen molar-refractivity contribution in [2.45, 2.75) is 19.9 Å². The van der Waals surface area contributed by atoms with Gasteiger partial charge in [-0.2, -0.15) is 11.3 Å². The molecule has 19 heavy (non-hydrogen) atoms. The number of thiophene rings is 1. The van der Waals surface area contributed by atoms with Crippen LogP contribution in [0.25, 0.3) is 0 Å². The molecule has 4 nitrogen and oxygen atoms in total. The molecule has 2 rings (SSSR count). The summed E-state index contributed by atoms with van der Waals surface area (Å²) >= 11 is 1.62. The molecule has 0 spiro atoms. The lowest BCUT2D eigenvalue weighted by Gasteiger charge is -2.13. The number of carbonyl (C=O) groups is 1. The molecule has 0 fully saturated rings. The molecule has 1 unspecified atom stereocenters. The summed E-state index contributed by atoms with van der Waals surface area (Å²) in [5.74, 6) is 5.29. The first-order valence-electron chi connectivity index (χ1n) is 6.02. The molecule has 0 radical (unpaired) electrons. The fraction of sp³-hybridized carbons (Fsp3) is 0.214. The number of aryl methyl sites for hydroxylation is 1. The van der Waals surface area contributed by atoms with E-state index in [9.17, 15) is 4.79 Å². The average Bonchev–Trinajstić information content (AvgIpc) is 2.92. The van der Waals surface area contributed by atoms with Gasteiger partial charge in [0.1, 0.15) is 0 Å². The Kier molecular flexibility index (Phi) is 4.19. The number of carbonyl (C=O) groups excluding carboxylic acids is 1. The SMILES string of the molecule is Cc1cc(C(=O)NC(C)c2ccsc2)ccc1NN. The number of benzene rings is 1. The molecule has 0 aliphatic heterocycles. The lowest BCUT2D eigenvalue weighted by molar-refractivity contribution is 0.0940. The number of nitrogen functional groups attached to an aromatic ring is 1. The Morgan fingerprint density at radius 1 is 1.37 bits per heavy atom. The maximum atomic E-state index is 12.1. The van der Waals surface area contributed by atoms with Crippen molar-refractivity contribution in [1.29, 1.82) is 0 Å². The summed E-state index contributed by atoms with van der Waals surface area (Å²) in [6.07, 6.45) is 0. The van der Waals surface area contributed by atoms with E-state index < -0.39 is 0 Å². The largest absolute Gasteiger partial charge is 0.345 e. The summed E-state index contributed by atoms with van der Waals surface area (Å²) in [6.45, 7) is 3.89. The van der Waals surface area contributed by atoms with E-state index in [-0.39, 0.29) is 11.9 Å². The third-order valence-electron chi connectivity index (χ3n) is 3.03. The van der Waals surface area contributed by atoms with Crippen molar-refractivity contribution in [2.75, 3.05) is 5.43 Å². The Morgan fingerprint density at radius 2 is 2.16 bits per heavy atom. The molecule has 1 heterocycles. The monoisotopic (exact) mass is 275 g/mol. The van der Waals surface area contributed by atoms with Crippen LogP contribution in [0.1, 0.15) is 34.5 Å². The van der Waals surface area contributed by atoms with Crippen LogP contribution < -0.4 is 16.6 Å².